The minimum Gasteiger partial charge on any atom is -0.507 e. The zero-order valence-electron chi connectivity index (χ0n) is 16.3. The molecule has 156 valence electrons. The van der Waals surface area contributed by atoms with Crippen molar-refractivity contribution >= 4 is 34.7 Å². The van der Waals surface area contributed by atoms with E-state index in [0.717, 1.165) is 0 Å². The molecular weight excluding hydrogens is 422 g/mol. The van der Waals surface area contributed by atoms with Gasteiger partial charge in [-0.2, -0.15) is 0 Å². The standard InChI is InChI=1S/C23H16ClNO6/c1-12-2-8-17(31-12)20-19(21(26)13-3-9-16-18(10-13)30-11-29-16)22(27)23(28)25(20)15-6-4-14(24)5-7-15/h2-10,20,26H,11H2,1H3/b21-19-. The zero-order chi connectivity index (χ0) is 21.7. The molecule has 2 aliphatic heterocycles. The highest BCUT2D eigenvalue weighted by Crippen LogP contribution is 2.44. The first-order valence-corrected chi connectivity index (χ1v) is 9.85. The van der Waals surface area contributed by atoms with E-state index < -0.39 is 17.7 Å². The van der Waals surface area contributed by atoms with Crippen molar-refractivity contribution in [3.8, 4) is 11.5 Å². The number of halogens is 1. The number of hydrogen-bond acceptors (Lipinski definition) is 6. The maximum Gasteiger partial charge on any atom is 0.300 e. The van der Waals surface area contributed by atoms with E-state index in [9.17, 15) is 14.7 Å². The summed E-state index contributed by atoms with van der Waals surface area (Å²) in [5, 5.41) is 11.6. The molecule has 0 bridgehead atoms. The fraction of sp³-hybridized carbons (Fsp3) is 0.130. The number of fused-ring (bicyclic) bond motifs is 1. The van der Waals surface area contributed by atoms with Crippen molar-refractivity contribution in [2.75, 3.05) is 11.7 Å². The fourth-order valence-electron chi connectivity index (χ4n) is 3.77. The second-order valence-electron chi connectivity index (χ2n) is 7.16. The van der Waals surface area contributed by atoms with Gasteiger partial charge in [0.25, 0.3) is 11.7 Å². The van der Waals surface area contributed by atoms with Gasteiger partial charge in [0.2, 0.25) is 6.79 Å². The molecule has 0 radical (unpaired) electrons. The van der Waals surface area contributed by atoms with Gasteiger partial charge in [-0.1, -0.05) is 11.6 Å². The Morgan fingerprint density at radius 3 is 2.48 bits per heavy atom. The van der Waals surface area contributed by atoms with Gasteiger partial charge in [0.15, 0.2) is 11.5 Å². The van der Waals surface area contributed by atoms with E-state index in [0.29, 0.717) is 39.3 Å². The second kappa shape index (κ2) is 7.21. The predicted molar refractivity (Wildman–Crippen MR) is 112 cm³/mol. The number of amides is 1. The summed E-state index contributed by atoms with van der Waals surface area (Å²) in [5.41, 5.74) is 0.704. The van der Waals surface area contributed by atoms with Crippen molar-refractivity contribution in [1.29, 1.82) is 0 Å². The number of rotatable bonds is 3. The summed E-state index contributed by atoms with van der Waals surface area (Å²) in [7, 11) is 0. The van der Waals surface area contributed by atoms with E-state index in [1.807, 2.05) is 0 Å². The SMILES string of the molecule is Cc1ccc(C2/C(=C(/O)c3ccc4c(c3)OCO4)C(=O)C(=O)N2c2ccc(Cl)cc2)o1. The lowest BCUT2D eigenvalue weighted by atomic mass is 9.99. The molecule has 1 atom stereocenters. The number of furan rings is 1. The normalized spacial score (nSPS) is 19.3. The lowest BCUT2D eigenvalue weighted by Gasteiger charge is -2.23. The number of carbonyl (C=O) groups is 2. The number of carbonyl (C=O) groups excluding carboxylic acids is 2. The molecule has 1 N–H and O–H groups in total. The van der Waals surface area contributed by atoms with Crippen molar-refractivity contribution in [3.63, 3.8) is 0 Å². The molecule has 2 aromatic carbocycles. The smallest absolute Gasteiger partial charge is 0.300 e. The molecule has 2 aliphatic rings. The van der Waals surface area contributed by atoms with Crippen LogP contribution in [0.3, 0.4) is 0 Å². The highest BCUT2D eigenvalue weighted by Gasteiger charge is 2.48. The van der Waals surface area contributed by atoms with Gasteiger partial charge in [-0.05, 0) is 61.5 Å². The van der Waals surface area contributed by atoms with Crippen LogP contribution in [0.15, 0.2) is 64.6 Å². The average Bonchev–Trinajstić information content (AvgIpc) is 3.47. The summed E-state index contributed by atoms with van der Waals surface area (Å²) < 4.78 is 16.4. The van der Waals surface area contributed by atoms with Gasteiger partial charge in [0.1, 0.15) is 23.3 Å². The van der Waals surface area contributed by atoms with Crippen LogP contribution in [0, 0.1) is 6.92 Å². The molecule has 1 fully saturated rings. The second-order valence-corrected chi connectivity index (χ2v) is 7.60. The number of nitrogens with zero attached hydrogens (tertiary/aromatic N) is 1. The van der Waals surface area contributed by atoms with Crippen LogP contribution in [0.4, 0.5) is 5.69 Å². The highest BCUT2D eigenvalue weighted by molar-refractivity contribution is 6.51. The maximum absolute atomic E-state index is 13.1. The van der Waals surface area contributed by atoms with Crippen LogP contribution in [-0.2, 0) is 9.59 Å². The molecule has 0 spiro atoms. The number of aryl methyl sites for hydroxylation is 1. The average molecular weight is 438 g/mol. The zero-order valence-corrected chi connectivity index (χ0v) is 17.1. The van der Waals surface area contributed by atoms with Gasteiger partial charge in [0, 0.05) is 16.3 Å². The van der Waals surface area contributed by atoms with E-state index in [4.69, 9.17) is 25.5 Å². The summed E-state index contributed by atoms with van der Waals surface area (Å²) in [4.78, 5) is 27.4. The molecule has 8 heteroatoms. The van der Waals surface area contributed by atoms with Gasteiger partial charge >= 0.3 is 0 Å². The molecule has 1 amide bonds. The lowest BCUT2D eigenvalue weighted by Crippen LogP contribution is -2.29. The van der Waals surface area contributed by atoms with Crippen LogP contribution in [0.1, 0.15) is 23.1 Å². The monoisotopic (exact) mass is 437 g/mol. The van der Waals surface area contributed by atoms with Gasteiger partial charge in [-0.25, -0.2) is 0 Å². The number of anilines is 1. The molecule has 5 rings (SSSR count). The van der Waals surface area contributed by atoms with Crippen molar-refractivity contribution in [3.05, 3.63) is 82.3 Å². The van der Waals surface area contributed by atoms with Gasteiger partial charge in [-0.3, -0.25) is 14.5 Å². The van der Waals surface area contributed by atoms with Crippen molar-refractivity contribution < 1.29 is 28.6 Å². The van der Waals surface area contributed by atoms with Gasteiger partial charge < -0.3 is 19.0 Å². The summed E-state index contributed by atoms with van der Waals surface area (Å²) in [6.07, 6.45) is 0. The summed E-state index contributed by atoms with van der Waals surface area (Å²) >= 11 is 5.99. The van der Waals surface area contributed by atoms with E-state index in [-0.39, 0.29) is 18.1 Å². The minimum atomic E-state index is -0.944. The van der Waals surface area contributed by atoms with Crippen LogP contribution in [0.2, 0.25) is 5.02 Å². The maximum atomic E-state index is 13.1. The summed E-state index contributed by atoms with van der Waals surface area (Å²) in [6, 6.07) is 13.8. The molecule has 7 nitrogen and oxygen atoms in total. The molecule has 1 aromatic heterocycles. The Labute approximate surface area is 182 Å². The van der Waals surface area contributed by atoms with E-state index in [1.54, 1.807) is 61.5 Å². The highest BCUT2D eigenvalue weighted by atomic mass is 35.5. The van der Waals surface area contributed by atoms with E-state index in [2.05, 4.69) is 0 Å². The first kappa shape index (κ1) is 19.3. The molecule has 3 aromatic rings. The third kappa shape index (κ3) is 3.14. The van der Waals surface area contributed by atoms with E-state index in [1.165, 1.54) is 4.90 Å². The molecule has 1 saturated heterocycles. The Hall–Kier alpha value is -3.71. The van der Waals surface area contributed by atoms with Crippen LogP contribution in [0.25, 0.3) is 5.76 Å². The van der Waals surface area contributed by atoms with E-state index >= 15 is 0 Å². The topological polar surface area (TPSA) is 89.2 Å². The molecule has 31 heavy (non-hydrogen) atoms. The number of ether oxygens (including phenoxy) is 2. The van der Waals surface area contributed by atoms with Crippen LogP contribution < -0.4 is 14.4 Å². The van der Waals surface area contributed by atoms with Gasteiger partial charge in [0.05, 0.1) is 5.57 Å². The van der Waals surface area contributed by atoms with Crippen LogP contribution in [0.5, 0.6) is 11.5 Å². The number of benzene rings is 2. The number of aliphatic hydroxyl groups is 1. The molecule has 0 aliphatic carbocycles. The Morgan fingerprint density at radius 1 is 1.03 bits per heavy atom. The third-order valence-corrected chi connectivity index (χ3v) is 5.48. The molecule has 0 saturated carbocycles. The Morgan fingerprint density at radius 2 is 1.77 bits per heavy atom. The summed E-state index contributed by atoms with van der Waals surface area (Å²) in [6.45, 7) is 1.84. The van der Waals surface area contributed by atoms with Crippen LogP contribution in [-0.4, -0.2) is 23.6 Å². The number of aliphatic hydroxyl groups excluding tert-OH is 1. The molecular formula is C23H16ClNO6. The first-order chi connectivity index (χ1) is 14.9. The quantitative estimate of drug-likeness (QED) is 0.366. The molecule has 3 heterocycles. The van der Waals surface area contributed by atoms with Crippen LogP contribution >= 0.6 is 11.6 Å². The molecule has 1 unspecified atom stereocenters. The predicted octanol–water partition coefficient (Wildman–Crippen LogP) is 4.60. The summed E-state index contributed by atoms with van der Waals surface area (Å²) in [5.74, 6) is 0.0338. The third-order valence-electron chi connectivity index (χ3n) is 5.23. The number of ketones is 1. The minimum absolute atomic E-state index is 0.0756. The Kier molecular flexibility index (Phi) is 4.48. The van der Waals surface area contributed by atoms with Crippen molar-refractivity contribution in [2.24, 2.45) is 0 Å². The fourth-order valence-corrected chi connectivity index (χ4v) is 3.90. The number of hydrogen-bond donors (Lipinski definition) is 1. The first-order valence-electron chi connectivity index (χ1n) is 9.47. The van der Waals surface area contributed by atoms with Crippen molar-refractivity contribution in [2.45, 2.75) is 13.0 Å². The Balaban J connectivity index is 1.69. The van der Waals surface area contributed by atoms with Crippen molar-refractivity contribution in [1.82, 2.24) is 0 Å². The lowest BCUT2D eigenvalue weighted by molar-refractivity contribution is -0.132. The van der Waals surface area contributed by atoms with Gasteiger partial charge in [-0.15, -0.1) is 0 Å². The Bertz CT molecular complexity index is 1240. The number of Topliss-reactive ketones (excluding diaryl/α,β-unsaturated/α-hetero) is 1. The largest absolute Gasteiger partial charge is 0.507 e.